The number of nitrogens with zero attached hydrogens (tertiary/aromatic N) is 4. The van der Waals surface area contributed by atoms with Crippen LogP contribution in [0.15, 0.2) is 24.3 Å². The van der Waals surface area contributed by atoms with Gasteiger partial charge in [0.05, 0.1) is 20.2 Å². The van der Waals surface area contributed by atoms with Gasteiger partial charge in [-0.05, 0) is 42.9 Å². The molecule has 9 nitrogen and oxygen atoms in total. The largest absolute Gasteiger partial charge is 0.497 e. The number of hydrogen-bond donors (Lipinski definition) is 1. The van der Waals surface area contributed by atoms with Crippen LogP contribution in [0.2, 0.25) is 0 Å². The fourth-order valence-electron chi connectivity index (χ4n) is 5.83. The molecular formula is C27H41N5O4. The average molecular weight is 500 g/mol. The van der Waals surface area contributed by atoms with Crippen LogP contribution in [0, 0.1) is 5.92 Å². The first-order valence-electron chi connectivity index (χ1n) is 13.4. The number of amides is 4. The molecule has 1 N–H and O–H groups in total. The number of urea groups is 1. The van der Waals surface area contributed by atoms with Gasteiger partial charge in [0.15, 0.2) is 0 Å². The maximum Gasteiger partial charge on any atom is 0.334 e. The van der Waals surface area contributed by atoms with E-state index in [1.165, 1.54) is 19.3 Å². The van der Waals surface area contributed by atoms with Crippen LogP contribution in [-0.2, 0) is 16.1 Å². The van der Waals surface area contributed by atoms with Crippen LogP contribution in [0.4, 0.5) is 4.79 Å². The van der Waals surface area contributed by atoms with E-state index in [1.54, 1.807) is 29.1 Å². The van der Waals surface area contributed by atoms with E-state index in [2.05, 4.69) is 12.2 Å². The maximum absolute atomic E-state index is 13.6. The molecule has 36 heavy (non-hydrogen) atoms. The molecule has 0 bridgehead atoms. The lowest BCUT2D eigenvalue weighted by Crippen LogP contribution is -2.76. The highest BCUT2D eigenvalue weighted by atomic mass is 16.5. The molecule has 2 saturated heterocycles. The normalized spacial score (nSPS) is 23.6. The molecule has 1 aromatic rings. The lowest BCUT2D eigenvalue weighted by Gasteiger charge is -2.55. The molecule has 1 aromatic carbocycles. The van der Waals surface area contributed by atoms with E-state index >= 15 is 0 Å². The van der Waals surface area contributed by atoms with E-state index in [4.69, 9.17) is 4.74 Å². The molecule has 2 atom stereocenters. The average Bonchev–Trinajstić information content (AvgIpc) is 2.88. The topological polar surface area (TPSA) is 85.4 Å². The number of piperazine rings is 1. The molecule has 2 aliphatic heterocycles. The van der Waals surface area contributed by atoms with E-state index in [0.29, 0.717) is 32.0 Å². The summed E-state index contributed by atoms with van der Waals surface area (Å²) >= 11 is 0. The second-order valence-electron chi connectivity index (χ2n) is 10.4. The molecule has 1 aliphatic carbocycles. The fourth-order valence-corrected chi connectivity index (χ4v) is 5.83. The van der Waals surface area contributed by atoms with Crippen molar-refractivity contribution in [3.05, 3.63) is 29.8 Å². The zero-order chi connectivity index (χ0) is 25.7. The zero-order valence-electron chi connectivity index (χ0n) is 21.9. The van der Waals surface area contributed by atoms with E-state index in [1.807, 2.05) is 29.2 Å². The Balaban J connectivity index is 1.53. The van der Waals surface area contributed by atoms with Crippen molar-refractivity contribution in [2.24, 2.45) is 5.92 Å². The summed E-state index contributed by atoms with van der Waals surface area (Å²) in [5.74, 6) is 1.21. The Kier molecular flexibility index (Phi) is 8.72. The van der Waals surface area contributed by atoms with Gasteiger partial charge in [0.1, 0.15) is 18.0 Å². The number of methoxy groups -OCH3 is 1. The minimum atomic E-state index is -0.509. The van der Waals surface area contributed by atoms with Crippen LogP contribution in [0.1, 0.15) is 63.9 Å². The lowest BCUT2D eigenvalue weighted by molar-refractivity contribution is -0.188. The minimum absolute atomic E-state index is 0.0433. The molecule has 0 radical (unpaired) electrons. The molecule has 1 saturated carbocycles. The van der Waals surface area contributed by atoms with E-state index in [-0.39, 0.29) is 24.4 Å². The fraction of sp³-hybridized carbons (Fsp3) is 0.667. The van der Waals surface area contributed by atoms with E-state index in [0.717, 1.165) is 37.0 Å². The number of fused-ring (bicyclic) bond motifs is 1. The van der Waals surface area contributed by atoms with Crippen LogP contribution in [0.5, 0.6) is 5.75 Å². The summed E-state index contributed by atoms with van der Waals surface area (Å²) in [6, 6.07) is 6.79. The van der Waals surface area contributed by atoms with Crippen molar-refractivity contribution < 1.29 is 19.1 Å². The Hall–Kier alpha value is -2.81. The second kappa shape index (κ2) is 12.0. The number of rotatable bonds is 8. The van der Waals surface area contributed by atoms with Gasteiger partial charge in [0.25, 0.3) is 0 Å². The maximum atomic E-state index is 13.6. The van der Waals surface area contributed by atoms with E-state index in [9.17, 15) is 14.4 Å². The first-order chi connectivity index (χ1) is 17.4. The van der Waals surface area contributed by atoms with Crippen molar-refractivity contribution in [1.82, 2.24) is 25.1 Å². The van der Waals surface area contributed by atoms with Crippen LogP contribution in [-0.4, -0.2) is 83.7 Å². The lowest BCUT2D eigenvalue weighted by atomic mass is 9.88. The summed E-state index contributed by atoms with van der Waals surface area (Å²) in [7, 11) is 3.39. The number of carbonyl (C=O) groups is 3. The van der Waals surface area contributed by atoms with Crippen molar-refractivity contribution in [1.29, 1.82) is 0 Å². The minimum Gasteiger partial charge on any atom is -0.497 e. The Morgan fingerprint density at radius 2 is 1.83 bits per heavy atom. The third kappa shape index (κ3) is 5.77. The Morgan fingerprint density at radius 3 is 2.50 bits per heavy atom. The van der Waals surface area contributed by atoms with Crippen molar-refractivity contribution in [2.45, 2.75) is 77.0 Å². The predicted molar refractivity (Wildman–Crippen MR) is 137 cm³/mol. The first-order valence-corrected chi connectivity index (χ1v) is 13.4. The molecule has 0 unspecified atom stereocenters. The highest BCUT2D eigenvalue weighted by Crippen LogP contribution is 2.31. The summed E-state index contributed by atoms with van der Waals surface area (Å²) in [6.07, 6.45) is 7.91. The Labute approximate surface area is 214 Å². The van der Waals surface area contributed by atoms with Gasteiger partial charge < -0.3 is 19.9 Å². The van der Waals surface area contributed by atoms with Gasteiger partial charge >= 0.3 is 6.03 Å². The SMILES string of the molecule is CCCC[C@H]1C(=O)N(CC2CCCCC2)C[C@H]2N1C(=O)CN(C)N2C(=O)NCc1ccc(OC)cc1. The van der Waals surface area contributed by atoms with Gasteiger partial charge in [0, 0.05) is 20.1 Å². The molecule has 198 valence electrons. The molecule has 4 rings (SSSR count). The summed E-state index contributed by atoms with van der Waals surface area (Å²) in [5.41, 5.74) is 0.954. The number of likely N-dealkylation sites (N-methyl/N-ethyl adjacent to an activating group) is 1. The van der Waals surface area contributed by atoms with Crippen LogP contribution >= 0.6 is 0 Å². The standard InChI is InChI=1S/C27H41N5O4/c1-4-5-11-23-26(34)30(17-21-9-7-6-8-10-21)18-24-31(23)25(33)19-29(2)32(24)27(35)28-16-20-12-14-22(36-3)15-13-20/h12-15,21,23-24H,4-11,16-19H2,1-3H3,(H,28,35)/t23-,24-/m0/s1. The predicted octanol–water partition coefficient (Wildman–Crippen LogP) is 3.20. The number of hydrogen-bond acceptors (Lipinski definition) is 5. The third-order valence-electron chi connectivity index (χ3n) is 7.78. The molecule has 4 amide bonds. The van der Waals surface area contributed by atoms with Crippen molar-refractivity contribution in [3.8, 4) is 5.75 Å². The number of unbranched alkanes of at least 4 members (excludes halogenated alkanes) is 1. The van der Waals surface area contributed by atoms with Crippen LogP contribution < -0.4 is 10.1 Å². The number of ether oxygens (including phenoxy) is 1. The molecule has 0 aromatic heterocycles. The molecule has 9 heteroatoms. The monoisotopic (exact) mass is 499 g/mol. The summed E-state index contributed by atoms with van der Waals surface area (Å²) < 4.78 is 5.21. The molecule has 0 spiro atoms. The Bertz CT molecular complexity index is 917. The molecule has 3 aliphatic rings. The van der Waals surface area contributed by atoms with Gasteiger partial charge in [-0.1, -0.05) is 51.2 Å². The van der Waals surface area contributed by atoms with Crippen molar-refractivity contribution in [2.75, 3.05) is 33.8 Å². The van der Waals surface area contributed by atoms with E-state index < -0.39 is 12.2 Å². The Morgan fingerprint density at radius 1 is 1.11 bits per heavy atom. The smallest absolute Gasteiger partial charge is 0.334 e. The van der Waals surface area contributed by atoms with Crippen LogP contribution in [0.3, 0.4) is 0 Å². The van der Waals surface area contributed by atoms with Crippen molar-refractivity contribution in [3.63, 3.8) is 0 Å². The number of carbonyl (C=O) groups excluding carboxylic acids is 3. The quantitative estimate of drug-likeness (QED) is 0.594. The van der Waals surface area contributed by atoms with Crippen LogP contribution in [0.25, 0.3) is 0 Å². The van der Waals surface area contributed by atoms with Crippen molar-refractivity contribution >= 4 is 17.8 Å². The molecular weight excluding hydrogens is 458 g/mol. The number of nitrogens with one attached hydrogen (secondary N) is 1. The highest BCUT2D eigenvalue weighted by molar-refractivity contribution is 5.91. The number of benzene rings is 1. The second-order valence-corrected chi connectivity index (χ2v) is 10.4. The zero-order valence-corrected chi connectivity index (χ0v) is 21.9. The summed E-state index contributed by atoms with van der Waals surface area (Å²) in [4.78, 5) is 43.9. The molecule has 3 fully saturated rings. The van der Waals surface area contributed by atoms with Gasteiger partial charge in [-0.25, -0.2) is 14.8 Å². The third-order valence-corrected chi connectivity index (χ3v) is 7.78. The number of hydrazine groups is 1. The first kappa shape index (κ1) is 26.3. The highest BCUT2D eigenvalue weighted by Gasteiger charge is 2.50. The molecule has 2 heterocycles. The van der Waals surface area contributed by atoms with Gasteiger partial charge in [-0.15, -0.1) is 0 Å². The van der Waals surface area contributed by atoms with Gasteiger partial charge in [-0.2, -0.15) is 0 Å². The summed E-state index contributed by atoms with van der Waals surface area (Å²) in [6.45, 7) is 3.59. The van der Waals surface area contributed by atoms with Gasteiger partial charge in [0.2, 0.25) is 11.8 Å². The summed E-state index contributed by atoms with van der Waals surface area (Å²) in [5, 5.41) is 6.35. The van der Waals surface area contributed by atoms with Gasteiger partial charge in [-0.3, -0.25) is 9.59 Å².